The van der Waals surface area contributed by atoms with E-state index in [1.54, 1.807) is 7.11 Å². The third-order valence-corrected chi connectivity index (χ3v) is 2.60. The summed E-state index contributed by atoms with van der Waals surface area (Å²) in [4.78, 5) is 0. The highest BCUT2D eigenvalue weighted by Gasteiger charge is 2.17. The summed E-state index contributed by atoms with van der Waals surface area (Å²) >= 11 is 0. The van der Waals surface area contributed by atoms with E-state index in [0.717, 1.165) is 12.2 Å². The Bertz CT molecular complexity index is 327. The highest BCUT2D eigenvalue weighted by atomic mass is 16.5. The van der Waals surface area contributed by atoms with Crippen LogP contribution in [0.15, 0.2) is 36.4 Å². The van der Waals surface area contributed by atoms with Crippen LogP contribution in [-0.4, -0.2) is 18.3 Å². The first-order valence-electron chi connectivity index (χ1n) is 4.80. The molecule has 0 saturated carbocycles. The number of methoxy groups -OCH3 is 1. The van der Waals surface area contributed by atoms with Crippen molar-refractivity contribution in [3.63, 3.8) is 0 Å². The Morgan fingerprint density at radius 3 is 2.43 bits per heavy atom. The van der Waals surface area contributed by atoms with Crippen molar-refractivity contribution >= 4 is 0 Å². The van der Waals surface area contributed by atoms with Crippen LogP contribution in [0.2, 0.25) is 0 Å². The summed E-state index contributed by atoms with van der Waals surface area (Å²) in [5.41, 5.74) is 1.23. The molecule has 1 aliphatic rings. The minimum Gasteiger partial charge on any atom is -0.497 e. The Morgan fingerprint density at radius 2 is 1.93 bits per heavy atom. The van der Waals surface area contributed by atoms with Gasteiger partial charge in [0, 0.05) is 5.92 Å². The standard InChI is InChI=1S/C12H14O2/c1-14-12-6-3-9(4-7-12)10-2-5-11(13)8-10/h2-7,10-11,13H,8H2,1H3/t10-,11+/m0/s1. The zero-order valence-electron chi connectivity index (χ0n) is 8.18. The molecule has 0 heterocycles. The molecule has 1 aliphatic carbocycles. The molecule has 2 nitrogen and oxygen atoms in total. The van der Waals surface area contributed by atoms with E-state index >= 15 is 0 Å². The molecule has 0 aliphatic heterocycles. The van der Waals surface area contributed by atoms with Crippen molar-refractivity contribution in [3.05, 3.63) is 42.0 Å². The molecule has 1 N–H and O–H groups in total. The SMILES string of the molecule is COc1ccc([C@H]2C=C[C@@H](O)C2)cc1. The van der Waals surface area contributed by atoms with Crippen LogP contribution in [0.25, 0.3) is 0 Å². The van der Waals surface area contributed by atoms with Crippen LogP contribution in [-0.2, 0) is 0 Å². The van der Waals surface area contributed by atoms with Crippen LogP contribution in [0, 0.1) is 0 Å². The first-order valence-corrected chi connectivity index (χ1v) is 4.80. The second-order valence-corrected chi connectivity index (χ2v) is 3.57. The van der Waals surface area contributed by atoms with Crippen LogP contribution in [0.4, 0.5) is 0 Å². The molecular formula is C12H14O2. The maximum Gasteiger partial charge on any atom is 0.118 e. The van der Waals surface area contributed by atoms with E-state index in [-0.39, 0.29) is 6.10 Å². The van der Waals surface area contributed by atoms with Gasteiger partial charge in [0.15, 0.2) is 0 Å². The van der Waals surface area contributed by atoms with Gasteiger partial charge < -0.3 is 9.84 Å². The monoisotopic (exact) mass is 190 g/mol. The number of aliphatic hydroxyl groups excluding tert-OH is 1. The van der Waals surface area contributed by atoms with Gasteiger partial charge in [0.25, 0.3) is 0 Å². The fourth-order valence-electron chi connectivity index (χ4n) is 1.78. The third kappa shape index (κ3) is 1.80. The summed E-state index contributed by atoms with van der Waals surface area (Å²) in [5.74, 6) is 1.23. The Morgan fingerprint density at radius 1 is 1.21 bits per heavy atom. The molecule has 0 saturated heterocycles. The highest BCUT2D eigenvalue weighted by molar-refractivity contribution is 5.33. The Hall–Kier alpha value is -1.28. The van der Waals surface area contributed by atoms with Gasteiger partial charge in [-0.2, -0.15) is 0 Å². The number of benzene rings is 1. The molecule has 2 atom stereocenters. The van der Waals surface area contributed by atoms with Gasteiger partial charge in [-0.3, -0.25) is 0 Å². The molecule has 0 radical (unpaired) electrons. The molecule has 14 heavy (non-hydrogen) atoms. The van der Waals surface area contributed by atoms with Crippen molar-refractivity contribution < 1.29 is 9.84 Å². The largest absolute Gasteiger partial charge is 0.497 e. The van der Waals surface area contributed by atoms with Gasteiger partial charge in [-0.25, -0.2) is 0 Å². The molecule has 1 aromatic carbocycles. The summed E-state index contributed by atoms with van der Waals surface area (Å²) in [6.45, 7) is 0. The molecule has 2 heteroatoms. The molecule has 74 valence electrons. The maximum atomic E-state index is 9.35. The Labute approximate surface area is 83.8 Å². The van der Waals surface area contributed by atoms with Gasteiger partial charge in [-0.05, 0) is 24.1 Å². The molecule has 0 aromatic heterocycles. The van der Waals surface area contributed by atoms with Crippen molar-refractivity contribution in [2.24, 2.45) is 0 Å². The lowest BCUT2D eigenvalue weighted by atomic mass is 9.98. The normalized spacial score (nSPS) is 25.3. The predicted octanol–water partition coefficient (Wildman–Crippen LogP) is 2.10. The summed E-state index contributed by atoms with van der Waals surface area (Å²) in [7, 11) is 1.66. The molecule has 2 rings (SSSR count). The van der Waals surface area contributed by atoms with E-state index in [2.05, 4.69) is 6.08 Å². The lowest BCUT2D eigenvalue weighted by molar-refractivity contribution is 0.218. The van der Waals surface area contributed by atoms with Crippen molar-refractivity contribution in [2.75, 3.05) is 7.11 Å². The van der Waals surface area contributed by atoms with Gasteiger partial charge in [0.2, 0.25) is 0 Å². The molecular weight excluding hydrogens is 176 g/mol. The van der Waals surface area contributed by atoms with Gasteiger partial charge in [0.1, 0.15) is 5.75 Å². The minimum atomic E-state index is -0.276. The molecule has 1 aromatic rings. The van der Waals surface area contributed by atoms with Crippen LogP contribution in [0.5, 0.6) is 5.75 Å². The zero-order chi connectivity index (χ0) is 9.97. The lowest BCUT2D eigenvalue weighted by Crippen LogP contribution is -2.00. The van der Waals surface area contributed by atoms with E-state index in [4.69, 9.17) is 4.74 Å². The number of aliphatic hydroxyl groups is 1. The van der Waals surface area contributed by atoms with E-state index in [9.17, 15) is 5.11 Å². The van der Waals surface area contributed by atoms with E-state index in [1.165, 1.54) is 5.56 Å². The predicted molar refractivity (Wildman–Crippen MR) is 55.5 cm³/mol. The van der Waals surface area contributed by atoms with Gasteiger partial charge in [0.05, 0.1) is 13.2 Å². The third-order valence-electron chi connectivity index (χ3n) is 2.60. The minimum absolute atomic E-state index is 0.276. The quantitative estimate of drug-likeness (QED) is 0.724. The van der Waals surface area contributed by atoms with Gasteiger partial charge in [-0.15, -0.1) is 0 Å². The molecule has 0 amide bonds. The summed E-state index contributed by atoms with van der Waals surface area (Å²) in [5, 5.41) is 9.35. The molecule has 0 bridgehead atoms. The van der Waals surface area contributed by atoms with Crippen LogP contribution < -0.4 is 4.74 Å². The number of rotatable bonds is 2. The summed E-state index contributed by atoms with van der Waals surface area (Å²) < 4.78 is 5.09. The number of ether oxygens (including phenoxy) is 1. The fraction of sp³-hybridized carbons (Fsp3) is 0.333. The van der Waals surface area contributed by atoms with E-state index in [1.807, 2.05) is 30.3 Å². The summed E-state index contributed by atoms with van der Waals surface area (Å²) in [6.07, 6.45) is 4.44. The average Bonchev–Trinajstić information content (AvgIpc) is 2.65. The molecule has 0 spiro atoms. The summed E-state index contributed by atoms with van der Waals surface area (Å²) in [6, 6.07) is 8.00. The highest BCUT2D eigenvalue weighted by Crippen LogP contribution is 2.29. The van der Waals surface area contributed by atoms with Crippen LogP contribution in [0.3, 0.4) is 0 Å². The zero-order valence-corrected chi connectivity index (χ0v) is 8.18. The van der Waals surface area contributed by atoms with Crippen LogP contribution >= 0.6 is 0 Å². The van der Waals surface area contributed by atoms with Crippen molar-refractivity contribution in [1.29, 1.82) is 0 Å². The van der Waals surface area contributed by atoms with Crippen LogP contribution in [0.1, 0.15) is 17.9 Å². The second-order valence-electron chi connectivity index (χ2n) is 3.57. The molecule has 0 fully saturated rings. The number of allylic oxidation sites excluding steroid dienone is 1. The Balaban J connectivity index is 2.14. The first kappa shape index (κ1) is 9.28. The second kappa shape index (κ2) is 3.84. The number of hydrogen-bond donors (Lipinski definition) is 1. The first-order chi connectivity index (χ1) is 6.79. The smallest absolute Gasteiger partial charge is 0.118 e. The Kier molecular flexibility index (Phi) is 2.55. The fourth-order valence-corrected chi connectivity index (χ4v) is 1.78. The van der Waals surface area contributed by atoms with E-state index in [0.29, 0.717) is 5.92 Å². The van der Waals surface area contributed by atoms with Crippen molar-refractivity contribution in [2.45, 2.75) is 18.4 Å². The average molecular weight is 190 g/mol. The molecule has 0 unspecified atom stereocenters. The van der Waals surface area contributed by atoms with Crippen molar-refractivity contribution in [3.8, 4) is 5.75 Å². The van der Waals surface area contributed by atoms with Gasteiger partial charge in [-0.1, -0.05) is 24.3 Å². The lowest BCUT2D eigenvalue weighted by Gasteiger charge is -2.09. The topological polar surface area (TPSA) is 29.5 Å². The van der Waals surface area contributed by atoms with E-state index < -0.39 is 0 Å². The maximum absolute atomic E-state index is 9.35. The van der Waals surface area contributed by atoms with Gasteiger partial charge >= 0.3 is 0 Å². The van der Waals surface area contributed by atoms with Crippen molar-refractivity contribution in [1.82, 2.24) is 0 Å². The number of hydrogen-bond acceptors (Lipinski definition) is 2.